The van der Waals surface area contributed by atoms with Gasteiger partial charge in [0.2, 0.25) is 5.91 Å². The van der Waals surface area contributed by atoms with E-state index in [0.29, 0.717) is 24.6 Å². The molecule has 1 aromatic heterocycles. The van der Waals surface area contributed by atoms with Gasteiger partial charge in [0, 0.05) is 36.0 Å². The van der Waals surface area contributed by atoms with E-state index in [4.69, 9.17) is 0 Å². The molecular formula is C14H21N3O2S. The Morgan fingerprint density at radius 3 is 3.05 bits per heavy atom. The molecule has 0 spiro atoms. The highest BCUT2D eigenvalue weighted by molar-refractivity contribution is 7.08. The van der Waals surface area contributed by atoms with E-state index in [-0.39, 0.29) is 17.9 Å². The summed E-state index contributed by atoms with van der Waals surface area (Å²) in [7, 11) is 0. The molecule has 5 nitrogen and oxygen atoms in total. The molecule has 2 unspecified atom stereocenters. The number of thiophene rings is 1. The van der Waals surface area contributed by atoms with Gasteiger partial charge < -0.3 is 16.0 Å². The summed E-state index contributed by atoms with van der Waals surface area (Å²) < 4.78 is 0. The Labute approximate surface area is 123 Å². The molecule has 0 saturated carbocycles. The van der Waals surface area contributed by atoms with Crippen LogP contribution in [0.25, 0.3) is 0 Å². The topological polar surface area (TPSA) is 70.2 Å². The Hall–Kier alpha value is -1.40. The molecular weight excluding hydrogens is 274 g/mol. The summed E-state index contributed by atoms with van der Waals surface area (Å²) in [4.78, 5) is 23.5. The maximum Gasteiger partial charge on any atom is 0.252 e. The third-order valence-electron chi connectivity index (χ3n) is 3.41. The van der Waals surface area contributed by atoms with Gasteiger partial charge in [-0.2, -0.15) is 11.3 Å². The van der Waals surface area contributed by atoms with E-state index >= 15 is 0 Å². The number of hydrogen-bond donors (Lipinski definition) is 3. The van der Waals surface area contributed by atoms with Crippen LogP contribution in [0.5, 0.6) is 0 Å². The Morgan fingerprint density at radius 1 is 1.50 bits per heavy atom. The van der Waals surface area contributed by atoms with Crippen molar-refractivity contribution in [2.45, 2.75) is 38.3 Å². The van der Waals surface area contributed by atoms with Gasteiger partial charge in [0.25, 0.3) is 5.91 Å². The Bertz CT molecular complexity index is 447. The largest absolute Gasteiger partial charge is 0.353 e. The Kier molecular flexibility index (Phi) is 5.55. The average Bonchev–Trinajstić information content (AvgIpc) is 2.92. The first-order valence-electron chi connectivity index (χ1n) is 6.98. The molecule has 3 N–H and O–H groups in total. The lowest BCUT2D eigenvalue weighted by Crippen LogP contribution is -2.47. The van der Waals surface area contributed by atoms with Crippen molar-refractivity contribution in [2.75, 3.05) is 13.1 Å². The second kappa shape index (κ2) is 7.40. The van der Waals surface area contributed by atoms with Crippen molar-refractivity contribution in [3.63, 3.8) is 0 Å². The highest BCUT2D eigenvalue weighted by atomic mass is 32.1. The molecule has 2 heterocycles. The second-order valence-electron chi connectivity index (χ2n) is 5.16. The fourth-order valence-electron chi connectivity index (χ4n) is 2.35. The lowest BCUT2D eigenvalue weighted by atomic mass is 10.0. The number of carbonyl (C=O) groups is 2. The molecule has 1 aliphatic heterocycles. The van der Waals surface area contributed by atoms with Gasteiger partial charge in [0.1, 0.15) is 0 Å². The van der Waals surface area contributed by atoms with Gasteiger partial charge in [-0.3, -0.25) is 9.59 Å². The molecule has 1 saturated heterocycles. The normalized spacial score (nSPS) is 22.2. The van der Waals surface area contributed by atoms with Crippen LogP contribution in [0, 0.1) is 0 Å². The summed E-state index contributed by atoms with van der Waals surface area (Å²) in [6.45, 7) is 3.45. The molecule has 110 valence electrons. The van der Waals surface area contributed by atoms with Gasteiger partial charge in [0.15, 0.2) is 0 Å². The molecule has 1 aliphatic rings. The van der Waals surface area contributed by atoms with E-state index in [0.717, 1.165) is 19.4 Å². The molecule has 0 radical (unpaired) electrons. The highest BCUT2D eigenvalue weighted by Crippen LogP contribution is 2.08. The standard InChI is InChI=1S/C14H21N3O2S/c1-10-8-12(2-5-15-10)17-13(18)3-6-16-14(19)11-4-7-20-9-11/h4,7,9-10,12,15H,2-3,5-6,8H2,1H3,(H,16,19)(H,17,18). The summed E-state index contributed by atoms with van der Waals surface area (Å²) in [5.41, 5.74) is 0.655. The minimum absolute atomic E-state index is 0.00900. The molecule has 1 fully saturated rings. The van der Waals surface area contributed by atoms with Gasteiger partial charge in [-0.25, -0.2) is 0 Å². The highest BCUT2D eigenvalue weighted by Gasteiger charge is 2.19. The fourth-order valence-corrected chi connectivity index (χ4v) is 2.98. The first-order chi connectivity index (χ1) is 9.65. The van der Waals surface area contributed by atoms with Gasteiger partial charge >= 0.3 is 0 Å². The van der Waals surface area contributed by atoms with Crippen molar-refractivity contribution in [3.05, 3.63) is 22.4 Å². The van der Waals surface area contributed by atoms with Crippen molar-refractivity contribution < 1.29 is 9.59 Å². The third-order valence-corrected chi connectivity index (χ3v) is 4.09. The van der Waals surface area contributed by atoms with E-state index in [2.05, 4.69) is 22.9 Å². The van der Waals surface area contributed by atoms with Crippen molar-refractivity contribution in [1.29, 1.82) is 0 Å². The quantitative estimate of drug-likeness (QED) is 0.762. The van der Waals surface area contributed by atoms with E-state index in [9.17, 15) is 9.59 Å². The van der Waals surface area contributed by atoms with Crippen LogP contribution in [0.4, 0.5) is 0 Å². The average molecular weight is 295 g/mol. The lowest BCUT2D eigenvalue weighted by Gasteiger charge is -2.28. The summed E-state index contributed by atoms with van der Waals surface area (Å²) in [5.74, 6) is -0.107. The maximum absolute atomic E-state index is 11.8. The molecule has 2 amide bonds. The molecule has 20 heavy (non-hydrogen) atoms. The second-order valence-corrected chi connectivity index (χ2v) is 5.94. The predicted molar refractivity (Wildman–Crippen MR) is 79.9 cm³/mol. The monoisotopic (exact) mass is 295 g/mol. The van der Waals surface area contributed by atoms with Gasteiger partial charge in [-0.1, -0.05) is 0 Å². The number of amides is 2. The molecule has 6 heteroatoms. The zero-order chi connectivity index (χ0) is 14.4. The summed E-state index contributed by atoms with van der Waals surface area (Å²) >= 11 is 1.49. The minimum Gasteiger partial charge on any atom is -0.353 e. The first kappa shape index (κ1) is 15.0. The summed E-state index contributed by atoms with van der Waals surface area (Å²) in [6, 6.07) is 2.48. The summed E-state index contributed by atoms with van der Waals surface area (Å²) in [6.07, 6.45) is 2.26. The predicted octanol–water partition coefficient (Wildman–Crippen LogP) is 1.12. The zero-order valence-electron chi connectivity index (χ0n) is 11.6. The number of piperidine rings is 1. The molecule has 2 rings (SSSR count). The van der Waals surface area contributed by atoms with Crippen LogP contribution in [0.2, 0.25) is 0 Å². The van der Waals surface area contributed by atoms with Crippen molar-refractivity contribution in [3.8, 4) is 0 Å². The molecule has 0 bridgehead atoms. The number of carbonyl (C=O) groups excluding carboxylic acids is 2. The van der Waals surface area contributed by atoms with Crippen LogP contribution in [0.1, 0.15) is 36.5 Å². The van der Waals surface area contributed by atoms with E-state index in [1.165, 1.54) is 11.3 Å². The van der Waals surface area contributed by atoms with E-state index in [1.807, 2.05) is 5.38 Å². The number of hydrogen-bond acceptors (Lipinski definition) is 4. The van der Waals surface area contributed by atoms with E-state index < -0.39 is 0 Å². The Balaban J connectivity index is 1.64. The van der Waals surface area contributed by atoms with Gasteiger partial charge in [-0.05, 0) is 37.8 Å². The molecule has 2 atom stereocenters. The molecule has 1 aromatic rings. The van der Waals surface area contributed by atoms with Crippen LogP contribution in [0.15, 0.2) is 16.8 Å². The molecule has 0 aliphatic carbocycles. The van der Waals surface area contributed by atoms with Gasteiger partial charge in [-0.15, -0.1) is 0 Å². The Morgan fingerprint density at radius 2 is 2.35 bits per heavy atom. The van der Waals surface area contributed by atoms with Crippen LogP contribution in [-0.4, -0.2) is 37.0 Å². The minimum atomic E-state index is -0.116. The SMILES string of the molecule is CC1CC(NC(=O)CCNC(=O)c2ccsc2)CCN1. The molecule has 0 aromatic carbocycles. The van der Waals surface area contributed by atoms with E-state index in [1.54, 1.807) is 11.4 Å². The zero-order valence-corrected chi connectivity index (χ0v) is 12.5. The van der Waals surface area contributed by atoms with Gasteiger partial charge in [0.05, 0.1) is 0 Å². The van der Waals surface area contributed by atoms with Crippen molar-refractivity contribution in [2.24, 2.45) is 0 Å². The van der Waals surface area contributed by atoms with Crippen LogP contribution in [-0.2, 0) is 4.79 Å². The lowest BCUT2D eigenvalue weighted by molar-refractivity contribution is -0.121. The smallest absolute Gasteiger partial charge is 0.252 e. The first-order valence-corrected chi connectivity index (χ1v) is 7.92. The van der Waals surface area contributed by atoms with Crippen LogP contribution in [0.3, 0.4) is 0 Å². The number of nitrogens with one attached hydrogen (secondary N) is 3. The number of rotatable bonds is 5. The van der Waals surface area contributed by atoms with Crippen molar-refractivity contribution in [1.82, 2.24) is 16.0 Å². The van der Waals surface area contributed by atoms with Crippen LogP contribution >= 0.6 is 11.3 Å². The third kappa shape index (κ3) is 4.61. The summed E-state index contributed by atoms with van der Waals surface area (Å²) in [5, 5.41) is 12.8. The van der Waals surface area contributed by atoms with Crippen molar-refractivity contribution >= 4 is 23.2 Å². The van der Waals surface area contributed by atoms with Crippen LogP contribution < -0.4 is 16.0 Å². The maximum atomic E-state index is 11.8. The fraction of sp³-hybridized carbons (Fsp3) is 0.571.